The van der Waals surface area contributed by atoms with Gasteiger partial charge < -0.3 is 14.8 Å². The van der Waals surface area contributed by atoms with Gasteiger partial charge in [0.2, 0.25) is 0 Å². The van der Waals surface area contributed by atoms with Crippen molar-refractivity contribution in [3.05, 3.63) is 60.2 Å². The fourth-order valence-corrected chi connectivity index (χ4v) is 2.77. The number of halogens is 2. The molecule has 0 fully saturated rings. The van der Waals surface area contributed by atoms with Crippen molar-refractivity contribution in [3.8, 4) is 5.75 Å². The zero-order valence-electron chi connectivity index (χ0n) is 15.7. The predicted octanol–water partition coefficient (Wildman–Crippen LogP) is 4.60. The molecule has 2 aromatic rings. The fraction of sp³-hybridized carbons (Fsp3) is 0.333. The van der Waals surface area contributed by atoms with Crippen LogP contribution in [0.2, 0.25) is 0 Å². The van der Waals surface area contributed by atoms with Crippen LogP contribution >= 0.6 is 0 Å². The molecule has 2 atom stereocenters. The van der Waals surface area contributed by atoms with E-state index in [2.05, 4.69) is 10.1 Å². The number of para-hydroxylation sites is 2. The minimum atomic E-state index is -3.02. The summed E-state index contributed by atoms with van der Waals surface area (Å²) in [5.41, 5.74) is 0.892. The van der Waals surface area contributed by atoms with Crippen LogP contribution in [0.25, 0.3) is 0 Å². The lowest BCUT2D eigenvalue weighted by molar-refractivity contribution is -0.150. The highest BCUT2D eigenvalue weighted by Gasteiger charge is 2.27. The van der Waals surface area contributed by atoms with Crippen molar-refractivity contribution in [2.24, 2.45) is 5.92 Å². The highest BCUT2D eigenvalue weighted by Crippen LogP contribution is 2.28. The molecule has 0 saturated heterocycles. The molecule has 0 aliphatic carbocycles. The number of carbonyl (C=O) groups is 2. The summed E-state index contributed by atoms with van der Waals surface area (Å²) < 4.78 is 34.4. The molecule has 0 saturated carbocycles. The van der Waals surface area contributed by atoms with E-state index in [9.17, 15) is 18.4 Å². The van der Waals surface area contributed by atoms with Gasteiger partial charge in [0.1, 0.15) is 5.75 Å². The van der Waals surface area contributed by atoms with Crippen LogP contribution in [0.4, 0.5) is 14.5 Å². The quantitative estimate of drug-likeness (QED) is 0.635. The molecular formula is C21H23F2NO4. The first-order chi connectivity index (χ1) is 13.4. The van der Waals surface area contributed by atoms with Crippen LogP contribution < -0.4 is 10.1 Å². The molecule has 5 nitrogen and oxygen atoms in total. The van der Waals surface area contributed by atoms with E-state index in [1.807, 2.05) is 44.2 Å². The Hall–Kier alpha value is -2.96. The first-order valence-corrected chi connectivity index (χ1v) is 8.97. The monoisotopic (exact) mass is 391 g/mol. The first kappa shape index (κ1) is 21.3. The van der Waals surface area contributed by atoms with Crippen molar-refractivity contribution >= 4 is 17.6 Å². The Bertz CT molecular complexity index is 783. The molecule has 0 unspecified atom stereocenters. The smallest absolute Gasteiger partial charge is 0.387 e. The molecule has 7 heteroatoms. The maximum atomic E-state index is 12.6. The number of carbonyl (C=O) groups excluding carboxylic acids is 2. The van der Waals surface area contributed by atoms with Gasteiger partial charge in [-0.25, -0.2) is 0 Å². The Balaban J connectivity index is 2.00. The molecule has 0 aliphatic rings. The van der Waals surface area contributed by atoms with Gasteiger partial charge in [0.15, 0.2) is 6.61 Å². The number of nitrogens with one attached hydrogen (secondary N) is 1. The molecule has 1 N–H and O–H groups in total. The van der Waals surface area contributed by atoms with E-state index in [0.29, 0.717) is 0 Å². The SMILES string of the molecule is CC[C@@H](C)[C@H](C(=O)OCC(=O)Nc1ccccc1OC(F)F)c1ccccc1. The van der Waals surface area contributed by atoms with Crippen LogP contribution in [0, 0.1) is 5.92 Å². The molecular weight excluding hydrogens is 368 g/mol. The molecule has 0 spiro atoms. The van der Waals surface area contributed by atoms with Gasteiger partial charge in [-0.05, 0) is 23.6 Å². The van der Waals surface area contributed by atoms with Crippen molar-refractivity contribution in [1.82, 2.24) is 0 Å². The van der Waals surface area contributed by atoms with Crippen LogP contribution in [-0.4, -0.2) is 25.1 Å². The number of benzene rings is 2. The van der Waals surface area contributed by atoms with Gasteiger partial charge in [-0.3, -0.25) is 9.59 Å². The lowest BCUT2D eigenvalue weighted by Gasteiger charge is -2.21. The average Bonchev–Trinajstić information content (AvgIpc) is 2.68. The van der Waals surface area contributed by atoms with Gasteiger partial charge in [0.05, 0.1) is 11.6 Å². The van der Waals surface area contributed by atoms with Crippen molar-refractivity contribution < 1.29 is 27.8 Å². The second-order valence-electron chi connectivity index (χ2n) is 6.30. The third kappa shape index (κ3) is 6.04. The van der Waals surface area contributed by atoms with E-state index in [0.717, 1.165) is 12.0 Å². The van der Waals surface area contributed by atoms with Gasteiger partial charge >= 0.3 is 12.6 Å². The summed E-state index contributed by atoms with van der Waals surface area (Å²) in [5, 5.41) is 2.42. The first-order valence-electron chi connectivity index (χ1n) is 8.97. The lowest BCUT2D eigenvalue weighted by Crippen LogP contribution is -2.27. The number of hydrogen-bond acceptors (Lipinski definition) is 4. The third-order valence-electron chi connectivity index (χ3n) is 4.35. The van der Waals surface area contributed by atoms with Crippen molar-refractivity contribution in [1.29, 1.82) is 0 Å². The standard InChI is InChI=1S/C21H23F2NO4/c1-3-14(2)19(15-9-5-4-6-10-15)20(26)27-13-18(25)24-16-11-7-8-12-17(16)28-21(22)23/h4-12,14,19,21H,3,13H2,1-2H3,(H,24,25)/t14-,19+/m1/s1. The molecule has 150 valence electrons. The summed E-state index contributed by atoms with van der Waals surface area (Å²) in [6.07, 6.45) is 0.763. The summed E-state index contributed by atoms with van der Waals surface area (Å²) in [5.74, 6) is -1.78. The topological polar surface area (TPSA) is 64.6 Å². The number of alkyl halides is 2. The van der Waals surface area contributed by atoms with Gasteiger partial charge in [-0.2, -0.15) is 8.78 Å². The second-order valence-corrected chi connectivity index (χ2v) is 6.30. The molecule has 0 bridgehead atoms. The third-order valence-corrected chi connectivity index (χ3v) is 4.35. The second kappa shape index (κ2) is 10.4. The average molecular weight is 391 g/mol. The molecule has 0 radical (unpaired) electrons. The van der Waals surface area contributed by atoms with Gasteiger partial charge in [-0.1, -0.05) is 62.7 Å². The maximum absolute atomic E-state index is 12.6. The predicted molar refractivity (Wildman–Crippen MR) is 101 cm³/mol. The maximum Gasteiger partial charge on any atom is 0.387 e. The molecule has 0 aromatic heterocycles. The van der Waals surface area contributed by atoms with Crippen LogP contribution in [0.3, 0.4) is 0 Å². The number of anilines is 1. The van der Waals surface area contributed by atoms with Crippen molar-refractivity contribution in [2.75, 3.05) is 11.9 Å². The van der Waals surface area contributed by atoms with Crippen LogP contribution in [-0.2, 0) is 14.3 Å². The van der Waals surface area contributed by atoms with E-state index < -0.39 is 31.0 Å². The van der Waals surface area contributed by atoms with Crippen molar-refractivity contribution in [3.63, 3.8) is 0 Å². The fourth-order valence-electron chi connectivity index (χ4n) is 2.77. The normalized spacial score (nSPS) is 12.9. The van der Waals surface area contributed by atoms with E-state index in [4.69, 9.17) is 4.74 Å². The minimum Gasteiger partial charge on any atom is -0.455 e. The largest absolute Gasteiger partial charge is 0.455 e. The Morgan fingerprint density at radius 1 is 1.04 bits per heavy atom. The van der Waals surface area contributed by atoms with Crippen LogP contribution in [0.15, 0.2) is 54.6 Å². The summed E-state index contributed by atoms with van der Waals surface area (Å²) in [7, 11) is 0. The van der Waals surface area contributed by atoms with Gasteiger partial charge in [0, 0.05) is 0 Å². The lowest BCUT2D eigenvalue weighted by atomic mass is 9.86. The Morgan fingerprint density at radius 3 is 2.32 bits per heavy atom. The van der Waals surface area contributed by atoms with E-state index >= 15 is 0 Å². The summed E-state index contributed by atoms with van der Waals surface area (Å²) in [4.78, 5) is 24.7. The molecule has 0 aliphatic heterocycles. The Morgan fingerprint density at radius 2 is 1.68 bits per heavy atom. The van der Waals surface area contributed by atoms with Crippen LogP contribution in [0.5, 0.6) is 5.75 Å². The zero-order chi connectivity index (χ0) is 20.5. The highest BCUT2D eigenvalue weighted by atomic mass is 19.3. The summed E-state index contributed by atoms with van der Waals surface area (Å²) >= 11 is 0. The molecule has 2 aromatic carbocycles. The number of rotatable bonds is 9. The molecule has 28 heavy (non-hydrogen) atoms. The Labute approximate surface area is 162 Å². The summed E-state index contributed by atoms with van der Waals surface area (Å²) in [6, 6.07) is 15.0. The van der Waals surface area contributed by atoms with E-state index in [-0.39, 0.29) is 17.4 Å². The van der Waals surface area contributed by atoms with E-state index in [1.54, 1.807) is 6.07 Å². The highest BCUT2D eigenvalue weighted by molar-refractivity contribution is 5.94. The zero-order valence-corrected chi connectivity index (χ0v) is 15.7. The number of amides is 1. The molecule has 2 rings (SSSR count). The van der Waals surface area contributed by atoms with Crippen LogP contribution in [0.1, 0.15) is 31.7 Å². The molecule has 0 heterocycles. The minimum absolute atomic E-state index is 0.0260. The van der Waals surface area contributed by atoms with E-state index in [1.165, 1.54) is 18.2 Å². The number of hydrogen-bond donors (Lipinski definition) is 1. The van der Waals surface area contributed by atoms with Gasteiger partial charge in [-0.15, -0.1) is 0 Å². The number of esters is 1. The van der Waals surface area contributed by atoms with Gasteiger partial charge in [0.25, 0.3) is 5.91 Å². The summed E-state index contributed by atoms with van der Waals surface area (Å²) in [6.45, 7) is 0.372. The molecule has 1 amide bonds. The number of ether oxygens (including phenoxy) is 2. The Kier molecular flexibility index (Phi) is 7.92. The van der Waals surface area contributed by atoms with Crippen molar-refractivity contribution in [2.45, 2.75) is 32.8 Å².